The van der Waals surface area contributed by atoms with Crippen molar-refractivity contribution in [3.8, 4) is 11.5 Å². The number of nitrogens with two attached hydrogens (primary N) is 1. The fourth-order valence-electron chi connectivity index (χ4n) is 2.58. The Morgan fingerprint density at radius 3 is 2.63 bits per heavy atom. The van der Waals surface area contributed by atoms with E-state index < -0.39 is 5.54 Å². The predicted molar refractivity (Wildman–Crippen MR) is 68.6 cm³/mol. The molecule has 5 heteroatoms. The first-order valence-electron chi connectivity index (χ1n) is 6.57. The standard InChI is InChI=1S/C14H16FN3O/c15-11-7-3-2-6-10(11)12-17-13(18-19-12)14(16)8-4-1-5-9-14/h2-3,6-7H,1,4-5,8-9,16H2. The molecular weight excluding hydrogens is 245 g/mol. The van der Waals surface area contributed by atoms with Gasteiger partial charge in [-0.3, -0.25) is 0 Å². The molecule has 100 valence electrons. The Labute approximate surface area is 110 Å². The Balaban J connectivity index is 1.93. The third-order valence-electron chi connectivity index (χ3n) is 3.72. The molecule has 1 aromatic heterocycles. The van der Waals surface area contributed by atoms with E-state index in [9.17, 15) is 4.39 Å². The topological polar surface area (TPSA) is 64.9 Å². The van der Waals surface area contributed by atoms with E-state index >= 15 is 0 Å². The molecule has 1 fully saturated rings. The van der Waals surface area contributed by atoms with E-state index in [4.69, 9.17) is 10.3 Å². The second-order valence-corrected chi connectivity index (χ2v) is 5.12. The Bertz CT molecular complexity index is 576. The summed E-state index contributed by atoms with van der Waals surface area (Å²) in [5.41, 5.74) is 6.13. The summed E-state index contributed by atoms with van der Waals surface area (Å²) in [7, 11) is 0. The lowest BCUT2D eigenvalue weighted by Gasteiger charge is -2.29. The zero-order valence-corrected chi connectivity index (χ0v) is 10.6. The highest BCUT2D eigenvalue weighted by Gasteiger charge is 2.34. The first-order valence-corrected chi connectivity index (χ1v) is 6.57. The zero-order chi connectivity index (χ0) is 13.3. The summed E-state index contributed by atoms with van der Waals surface area (Å²) in [6, 6.07) is 6.36. The Morgan fingerprint density at radius 2 is 1.89 bits per heavy atom. The smallest absolute Gasteiger partial charge is 0.260 e. The van der Waals surface area contributed by atoms with E-state index in [1.165, 1.54) is 12.5 Å². The van der Waals surface area contributed by atoms with Gasteiger partial charge in [-0.05, 0) is 25.0 Å². The average Bonchev–Trinajstić information content (AvgIpc) is 2.90. The van der Waals surface area contributed by atoms with Gasteiger partial charge in [0.1, 0.15) is 5.82 Å². The molecule has 0 radical (unpaired) electrons. The minimum absolute atomic E-state index is 0.198. The molecular formula is C14H16FN3O. The number of hydrogen-bond donors (Lipinski definition) is 1. The maximum absolute atomic E-state index is 13.7. The normalized spacial score (nSPS) is 18.4. The summed E-state index contributed by atoms with van der Waals surface area (Å²) in [6.45, 7) is 0. The molecule has 0 unspecified atom stereocenters. The van der Waals surface area contributed by atoms with Gasteiger partial charge < -0.3 is 10.3 Å². The van der Waals surface area contributed by atoms with Gasteiger partial charge in [-0.15, -0.1) is 0 Å². The minimum Gasteiger partial charge on any atom is -0.334 e. The molecule has 1 aromatic carbocycles. The van der Waals surface area contributed by atoms with E-state index in [1.54, 1.807) is 18.2 Å². The van der Waals surface area contributed by atoms with E-state index in [0.29, 0.717) is 11.4 Å². The van der Waals surface area contributed by atoms with Gasteiger partial charge in [-0.25, -0.2) is 4.39 Å². The molecule has 2 N–H and O–H groups in total. The van der Waals surface area contributed by atoms with Crippen LogP contribution in [-0.2, 0) is 5.54 Å². The second kappa shape index (κ2) is 4.74. The molecule has 2 aromatic rings. The van der Waals surface area contributed by atoms with Crippen molar-refractivity contribution in [3.63, 3.8) is 0 Å². The van der Waals surface area contributed by atoms with Crippen LogP contribution in [-0.4, -0.2) is 10.1 Å². The summed E-state index contributed by atoms with van der Waals surface area (Å²) < 4.78 is 18.8. The third kappa shape index (κ3) is 2.26. The molecule has 1 heterocycles. The van der Waals surface area contributed by atoms with E-state index in [-0.39, 0.29) is 11.7 Å². The summed E-state index contributed by atoms with van der Waals surface area (Å²) in [5.74, 6) is 0.321. The molecule has 3 rings (SSSR count). The van der Waals surface area contributed by atoms with Crippen molar-refractivity contribution in [1.82, 2.24) is 10.1 Å². The van der Waals surface area contributed by atoms with Crippen LogP contribution < -0.4 is 5.73 Å². The van der Waals surface area contributed by atoms with Gasteiger partial charge in [0, 0.05) is 0 Å². The van der Waals surface area contributed by atoms with Crippen molar-refractivity contribution >= 4 is 0 Å². The first kappa shape index (κ1) is 12.3. The number of halogens is 1. The molecule has 0 saturated heterocycles. The van der Waals surface area contributed by atoms with Crippen LogP contribution in [0.3, 0.4) is 0 Å². The molecule has 1 aliphatic rings. The molecule has 0 atom stereocenters. The van der Waals surface area contributed by atoms with Crippen LogP contribution in [0.25, 0.3) is 11.5 Å². The quantitative estimate of drug-likeness (QED) is 0.902. The van der Waals surface area contributed by atoms with Crippen molar-refractivity contribution < 1.29 is 8.91 Å². The Hall–Kier alpha value is -1.75. The lowest BCUT2D eigenvalue weighted by Crippen LogP contribution is -2.39. The Morgan fingerprint density at radius 1 is 1.16 bits per heavy atom. The lowest BCUT2D eigenvalue weighted by molar-refractivity contribution is 0.275. The van der Waals surface area contributed by atoms with Gasteiger partial charge in [0.25, 0.3) is 5.89 Å². The van der Waals surface area contributed by atoms with Crippen LogP contribution in [0.1, 0.15) is 37.9 Å². The number of aromatic nitrogens is 2. The highest BCUT2D eigenvalue weighted by molar-refractivity contribution is 5.53. The zero-order valence-electron chi connectivity index (χ0n) is 10.6. The fourth-order valence-corrected chi connectivity index (χ4v) is 2.58. The largest absolute Gasteiger partial charge is 0.334 e. The highest BCUT2D eigenvalue weighted by atomic mass is 19.1. The van der Waals surface area contributed by atoms with Gasteiger partial charge in [0.2, 0.25) is 0 Å². The van der Waals surface area contributed by atoms with Gasteiger partial charge in [0.15, 0.2) is 5.82 Å². The fraction of sp³-hybridized carbons (Fsp3) is 0.429. The number of rotatable bonds is 2. The molecule has 0 spiro atoms. The second-order valence-electron chi connectivity index (χ2n) is 5.12. The monoisotopic (exact) mass is 261 g/mol. The summed E-state index contributed by atoms with van der Waals surface area (Å²) in [5, 5.41) is 3.95. The van der Waals surface area contributed by atoms with Crippen LogP contribution >= 0.6 is 0 Å². The molecule has 1 saturated carbocycles. The number of hydrogen-bond acceptors (Lipinski definition) is 4. The first-order chi connectivity index (χ1) is 9.19. The molecule has 0 aliphatic heterocycles. The molecule has 0 amide bonds. The molecule has 0 bridgehead atoms. The molecule has 1 aliphatic carbocycles. The van der Waals surface area contributed by atoms with E-state index in [0.717, 1.165) is 25.7 Å². The average molecular weight is 261 g/mol. The van der Waals surface area contributed by atoms with Crippen LogP contribution in [0.2, 0.25) is 0 Å². The lowest BCUT2D eigenvalue weighted by atomic mass is 9.82. The van der Waals surface area contributed by atoms with Crippen molar-refractivity contribution in [2.75, 3.05) is 0 Å². The van der Waals surface area contributed by atoms with Gasteiger partial charge in [-0.2, -0.15) is 4.98 Å². The van der Waals surface area contributed by atoms with Crippen LogP contribution in [0.15, 0.2) is 28.8 Å². The van der Waals surface area contributed by atoms with E-state index in [2.05, 4.69) is 10.1 Å². The highest BCUT2D eigenvalue weighted by Crippen LogP contribution is 2.34. The summed E-state index contributed by atoms with van der Waals surface area (Å²) in [4.78, 5) is 4.29. The van der Waals surface area contributed by atoms with Crippen molar-refractivity contribution in [2.45, 2.75) is 37.6 Å². The summed E-state index contributed by atoms with van der Waals surface area (Å²) in [6.07, 6.45) is 5.03. The van der Waals surface area contributed by atoms with Crippen molar-refractivity contribution in [2.24, 2.45) is 5.73 Å². The van der Waals surface area contributed by atoms with Gasteiger partial charge in [-0.1, -0.05) is 36.6 Å². The van der Waals surface area contributed by atoms with Crippen LogP contribution in [0.5, 0.6) is 0 Å². The van der Waals surface area contributed by atoms with Crippen molar-refractivity contribution in [1.29, 1.82) is 0 Å². The molecule has 19 heavy (non-hydrogen) atoms. The van der Waals surface area contributed by atoms with Gasteiger partial charge >= 0.3 is 0 Å². The van der Waals surface area contributed by atoms with Gasteiger partial charge in [0.05, 0.1) is 11.1 Å². The number of benzene rings is 1. The maximum Gasteiger partial charge on any atom is 0.260 e. The summed E-state index contributed by atoms with van der Waals surface area (Å²) >= 11 is 0. The molecule has 4 nitrogen and oxygen atoms in total. The number of nitrogens with zero attached hydrogens (tertiary/aromatic N) is 2. The van der Waals surface area contributed by atoms with E-state index in [1.807, 2.05) is 0 Å². The minimum atomic E-state index is -0.523. The van der Waals surface area contributed by atoms with Crippen LogP contribution in [0.4, 0.5) is 4.39 Å². The van der Waals surface area contributed by atoms with Crippen LogP contribution in [0, 0.1) is 5.82 Å². The predicted octanol–water partition coefficient (Wildman–Crippen LogP) is 2.99. The SMILES string of the molecule is NC1(c2noc(-c3ccccc3F)n2)CCCCC1. The Kier molecular flexibility index (Phi) is 3.06. The maximum atomic E-state index is 13.7. The van der Waals surface area contributed by atoms with Crippen molar-refractivity contribution in [3.05, 3.63) is 35.9 Å². The third-order valence-corrected chi connectivity index (χ3v) is 3.72.